The van der Waals surface area contributed by atoms with Crippen LogP contribution in [0.5, 0.6) is 0 Å². The van der Waals surface area contributed by atoms with E-state index in [-0.39, 0.29) is 44.3 Å². The Morgan fingerprint density at radius 2 is 1.82 bits per heavy atom. The number of aliphatic hydroxyl groups excluding tert-OH is 2. The van der Waals surface area contributed by atoms with Gasteiger partial charge in [0, 0.05) is 31.6 Å². The number of alkyl halides is 3. The first kappa shape index (κ1) is 28.4. The van der Waals surface area contributed by atoms with Crippen LogP contribution in [0.25, 0.3) is 0 Å². The maximum Gasteiger partial charge on any atom is 0.416 e. The summed E-state index contributed by atoms with van der Waals surface area (Å²) in [5.41, 5.74) is -1.85. The van der Waals surface area contributed by atoms with Crippen LogP contribution >= 0.6 is 0 Å². The summed E-state index contributed by atoms with van der Waals surface area (Å²) >= 11 is 0. The fourth-order valence-electron chi connectivity index (χ4n) is 4.76. The number of benzene rings is 2. The van der Waals surface area contributed by atoms with Crippen molar-refractivity contribution in [1.82, 2.24) is 5.32 Å². The summed E-state index contributed by atoms with van der Waals surface area (Å²) < 4.78 is 70.2. The number of amides is 1. The summed E-state index contributed by atoms with van der Waals surface area (Å²) in [4.78, 5) is 13.4. The molecule has 1 amide bonds. The molecule has 11 heteroatoms. The quantitative estimate of drug-likeness (QED) is 0.421. The second kappa shape index (κ2) is 12.1. The van der Waals surface area contributed by atoms with E-state index in [0.29, 0.717) is 12.2 Å². The van der Waals surface area contributed by atoms with E-state index in [0.717, 1.165) is 25.0 Å². The number of carbonyl (C=O) groups is 1. The first-order chi connectivity index (χ1) is 18.1. The van der Waals surface area contributed by atoms with Gasteiger partial charge in [-0.05, 0) is 36.6 Å². The second-order valence-electron chi connectivity index (χ2n) is 9.73. The average Bonchev–Trinajstić information content (AvgIpc) is 3.41. The maximum absolute atomic E-state index is 14.3. The van der Waals surface area contributed by atoms with Gasteiger partial charge in [-0.3, -0.25) is 4.79 Å². The maximum atomic E-state index is 14.3. The molecule has 1 heterocycles. The highest BCUT2D eigenvalue weighted by Gasteiger charge is 2.51. The normalized spacial score (nSPS) is 27.8. The van der Waals surface area contributed by atoms with Gasteiger partial charge in [-0.1, -0.05) is 30.3 Å². The van der Waals surface area contributed by atoms with Gasteiger partial charge in [0.1, 0.15) is 11.9 Å². The van der Waals surface area contributed by atoms with E-state index < -0.39 is 47.4 Å². The number of nitrogens with one attached hydrogen (secondary N) is 1. The molecule has 7 nitrogen and oxygen atoms in total. The lowest BCUT2D eigenvalue weighted by molar-refractivity contribution is -0.200. The zero-order valence-corrected chi connectivity index (χ0v) is 20.6. The summed E-state index contributed by atoms with van der Waals surface area (Å²) in [5, 5.41) is 24.1. The molecule has 2 unspecified atom stereocenters. The van der Waals surface area contributed by atoms with Gasteiger partial charge in [-0.25, -0.2) is 4.39 Å². The minimum absolute atomic E-state index is 0.159. The van der Waals surface area contributed by atoms with Crippen LogP contribution in [0.3, 0.4) is 0 Å². The molecule has 208 valence electrons. The Hall–Kier alpha value is -2.57. The van der Waals surface area contributed by atoms with Gasteiger partial charge in [0.2, 0.25) is 0 Å². The van der Waals surface area contributed by atoms with Crippen molar-refractivity contribution in [3.8, 4) is 0 Å². The molecule has 3 N–H and O–H groups in total. The van der Waals surface area contributed by atoms with E-state index in [1.54, 1.807) is 6.07 Å². The molecule has 1 saturated carbocycles. The van der Waals surface area contributed by atoms with Gasteiger partial charge in [-0.15, -0.1) is 0 Å². The Bertz CT molecular complexity index is 1080. The van der Waals surface area contributed by atoms with Gasteiger partial charge >= 0.3 is 6.18 Å². The molecular formula is C27H31F4NO6. The van der Waals surface area contributed by atoms with Crippen molar-refractivity contribution in [3.63, 3.8) is 0 Å². The van der Waals surface area contributed by atoms with Crippen molar-refractivity contribution in [3.05, 3.63) is 71.0 Å². The van der Waals surface area contributed by atoms with Crippen LogP contribution in [0.15, 0.2) is 48.5 Å². The molecule has 0 spiro atoms. The Morgan fingerprint density at radius 1 is 1.08 bits per heavy atom. The lowest BCUT2D eigenvalue weighted by atomic mass is 9.78. The monoisotopic (exact) mass is 541 g/mol. The largest absolute Gasteiger partial charge is 0.416 e. The summed E-state index contributed by atoms with van der Waals surface area (Å²) in [6.07, 6.45) is -7.28. The average molecular weight is 542 g/mol. The lowest BCUT2D eigenvalue weighted by Crippen LogP contribution is -2.61. The van der Waals surface area contributed by atoms with E-state index in [9.17, 15) is 32.6 Å². The summed E-state index contributed by atoms with van der Waals surface area (Å²) in [7, 11) is 0. The van der Waals surface area contributed by atoms with Crippen LogP contribution in [0.4, 0.5) is 17.6 Å². The molecular weight excluding hydrogens is 510 g/mol. The van der Waals surface area contributed by atoms with Crippen molar-refractivity contribution in [1.29, 1.82) is 0 Å². The number of halogens is 4. The van der Waals surface area contributed by atoms with E-state index in [1.165, 1.54) is 30.3 Å². The third-order valence-electron chi connectivity index (χ3n) is 6.98. The van der Waals surface area contributed by atoms with Crippen molar-refractivity contribution in [2.45, 2.75) is 75.1 Å². The van der Waals surface area contributed by atoms with Crippen LogP contribution in [0.1, 0.15) is 42.4 Å². The molecule has 1 aliphatic heterocycles. The standard InChI is InChI=1S/C27H31F4NO6/c28-21-6-2-1-4-18(21)16-38-26(25(35)32-14-20-5-3-11-36-20)12-22(33)24(34)23(13-26)37-15-17-7-9-19(10-8-17)27(29,30)31/h1-2,4,6-10,20,22-24,33-34H,3,5,11-16H2,(H,32,35)/t20?,22-,23?,24-,26+/m1/s1. The zero-order chi connectivity index (χ0) is 27.3. The number of ether oxygens (including phenoxy) is 3. The highest BCUT2D eigenvalue weighted by Crippen LogP contribution is 2.36. The van der Waals surface area contributed by atoms with Crippen molar-refractivity contribution >= 4 is 5.91 Å². The minimum Gasteiger partial charge on any atom is -0.390 e. The molecule has 0 aromatic heterocycles. The molecule has 4 rings (SSSR count). The number of hydrogen-bond donors (Lipinski definition) is 3. The first-order valence-corrected chi connectivity index (χ1v) is 12.5. The molecule has 2 aromatic rings. The van der Waals surface area contributed by atoms with Crippen LogP contribution in [-0.4, -0.2) is 59.3 Å². The van der Waals surface area contributed by atoms with E-state index in [1.807, 2.05) is 0 Å². The third kappa shape index (κ3) is 6.89. The molecule has 38 heavy (non-hydrogen) atoms. The van der Waals surface area contributed by atoms with Crippen LogP contribution in [0, 0.1) is 5.82 Å². The Kier molecular flexibility index (Phi) is 9.04. The molecule has 2 aromatic carbocycles. The SMILES string of the molecule is O=C(NCC1CCCO1)[C@@]1(OCc2ccccc2F)CC(OCc2ccc(C(F)(F)F)cc2)[C@H](O)[C@H](O)C1. The molecule has 5 atom stereocenters. The number of aliphatic hydroxyl groups is 2. The number of rotatable bonds is 9. The fourth-order valence-corrected chi connectivity index (χ4v) is 4.76. The van der Waals surface area contributed by atoms with Crippen molar-refractivity contribution in [2.75, 3.05) is 13.2 Å². The van der Waals surface area contributed by atoms with Crippen LogP contribution in [-0.2, 0) is 38.4 Å². The summed E-state index contributed by atoms with van der Waals surface area (Å²) in [6, 6.07) is 10.3. The van der Waals surface area contributed by atoms with Crippen molar-refractivity contribution in [2.24, 2.45) is 0 Å². The number of carbonyl (C=O) groups excluding carboxylic acids is 1. The zero-order valence-electron chi connectivity index (χ0n) is 20.6. The second-order valence-corrected chi connectivity index (χ2v) is 9.73. The van der Waals surface area contributed by atoms with Gasteiger partial charge in [0.05, 0.1) is 37.1 Å². The molecule has 0 radical (unpaired) electrons. The first-order valence-electron chi connectivity index (χ1n) is 12.5. The highest BCUT2D eigenvalue weighted by molar-refractivity contribution is 5.85. The van der Waals surface area contributed by atoms with Gasteiger partial charge in [0.25, 0.3) is 5.91 Å². The van der Waals surface area contributed by atoms with E-state index >= 15 is 0 Å². The topological polar surface area (TPSA) is 97.3 Å². The fraction of sp³-hybridized carbons (Fsp3) is 0.519. The number of hydrogen-bond acceptors (Lipinski definition) is 6. The predicted octanol–water partition coefficient (Wildman–Crippen LogP) is 3.50. The molecule has 0 bridgehead atoms. The molecule has 1 aliphatic carbocycles. The smallest absolute Gasteiger partial charge is 0.390 e. The van der Waals surface area contributed by atoms with E-state index in [2.05, 4.69) is 5.32 Å². The summed E-state index contributed by atoms with van der Waals surface area (Å²) in [6.45, 7) is 0.377. The van der Waals surface area contributed by atoms with Gasteiger partial charge < -0.3 is 29.7 Å². The lowest BCUT2D eigenvalue weighted by Gasteiger charge is -2.44. The van der Waals surface area contributed by atoms with Crippen molar-refractivity contribution < 1.29 is 46.8 Å². The minimum atomic E-state index is -4.48. The highest BCUT2D eigenvalue weighted by atomic mass is 19.4. The summed E-state index contributed by atoms with van der Waals surface area (Å²) in [5.74, 6) is -1.08. The van der Waals surface area contributed by atoms with Crippen LogP contribution < -0.4 is 5.32 Å². The van der Waals surface area contributed by atoms with E-state index in [4.69, 9.17) is 14.2 Å². The molecule has 2 aliphatic rings. The van der Waals surface area contributed by atoms with Crippen LogP contribution in [0.2, 0.25) is 0 Å². The molecule has 1 saturated heterocycles. The Morgan fingerprint density at radius 3 is 2.47 bits per heavy atom. The van der Waals surface area contributed by atoms with Gasteiger partial charge in [-0.2, -0.15) is 13.2 Å². The third-order valence-corrected chi connectivity index (χ3v) is 6.98. The Labute approximate surface area is 217 Å². The predicted molar refractivity (Wildman–Crippen MR) is 127 cm³/mol. The molecule has 2 fully saturated rings. The Balaban J connectivity index is 1.50. The van der Waals surface area contributed by atoms with Gasteiger partial charge in [0.15, 0.2) is 5.60 Å².